The van der Waals surface area contributed by atoms with Crippen LogP contribution in [0.1, 0.15) is 24.7 Å². The molecule has 1 heterocycles. The van der Waals surface area contributed by atoms with Gasteiger partial charge < -0.3 is 0 Å². The molecule has 0 bridgehead atoms. The molecule has 1 atom stereocenters. The summed E-state index contributed by atoms with van der Waals surface area (Å²) in [5, 5.41) is 17.4. The van der Waals surface area contributed by atoms with E-state index in [0.717, 1.165) is 37.2 Å². The van der Waals surface area contributed by atoms with Crippen LogP contribution in [-0.4, -0.2) is 15.0 Å². The highest BCUT2D eigenvalue weighted by molar-refractivity contribution is 5.15. The van der Waals surface area contributed by atoms with Gasteiger partial charge in [0.2, 0.25) is 0 Å². The van der Waals surface area contributed by atoms with Crippen LogP contribution >= 0.6 is 0 Å². The Labute approximate surface area is 77.2 Å². The van der Waals surface area contributed by atoms with Gasteiger partial charge in [-0.2, -0.15) is 20.3 Å². The fourth-order valence-electron chi connectivity index (χ4n) is 1.67. The molecule has 13 heavy (non-hydrogen) atoms. The summed E-state index contributed by atoms with van der Waals surface area (Å²) in [4.78, 5) is 1.71. The van der Waals surface area contributed by atoms with Gasteiger partial charge in [-0.25, -0.2) is 0 Å². The fraction of sp³-hybridized carbons (Fsp3) is 0.667. The lowest BCUT2D eigenvalue weighted by atomic mass is 9.91. The largest absolute Gasteiger partial charge is 0.198 e. The van der Waals surface area contributed by atoms with Crippen molar-refractivity contribution in [2.45, 2.75) is 32.7 Å². The summed E-state index contributed by atoms with van der Waals surface area (Å²) in [5.41, 5.74) is 2.12. The van der Waals surface area contributed by atoms with E-state index in [4.69, 9.17) is 5.26 Å². The molecular weight excluding hydrogens is 164 g/mol. The number of aryl methyl sites for hydroxylation is 2. The molecule has 1 aliphatic carbocycles. The van der Waals surface area contributed by atoms with Crippen LogP contribution in [0.15, 0.2) is 0 Å². The number of hydrogen-bond donors (Lipinski definition) is 0. The normalized spacial score (nSPS) is 20.8. The number of fused-ring (bicyclic) bond motifs is 1. The van der Waals surface area contributed by atoms with E-state index in [2.05, 4.69) is 16.3 Å². The van der Waals surface area contributed by atoms with Gasteiger partial charge in [0.25, 0.3) is 0 Å². The maximum atomic E-state index is 8.78. The zero-order chi connectivity index (χ0) is 9.26. The highest BCUT2D eigenvalue weighted by atomic mass is 15.5. The van der Waals surface area contributed by atoms with Crippen LogP contribution in [0.2, 0.25) is 0 Å². The van der Waals surface area contributed by atoms with Crippen molar-refractivity contribution in [3.05, 3.63) is 11.4 Å². The Balaban J connectivity index is 2.25. The molecule has 4 heteroatoms. The molecule has 1 unspecified atom stereocenters. The van der Waals surface area contributed by atoms with Crippen molar-refractivity contribution in [1.82, 2.24) is 15.0 Å². The summed E-state index contributed by atoms with van der Waals surface area (Å²) in [6.07, 6.45) is 2.63. The molecule has 68 valence electrons. The number of aromatic nitrogens is 3. The van der Waals surface area contributed by atoms with Crippen LogP contribution in [0.5, 0.6) is 0 Å². The average molecular weight is 176 g/mol. The molecule has 0 aromatic carbocycles. The third-order valence-electron chi connectivity index (χ3n) is 2.44. The standard InChI is InChI=1S/C9H12N4/c1-2-13-11-8-4-3-7(6-10)5-9(8)12-13/h7H,2-5H2,1H3. The Kier molecular flexibility index (Phi) is 2.01. The van der Waals surface area contributed by atoms with E-state index in [-0.39, 0.29) is 5.92 Å². The van der Waals surface area contributed by atoms with Gasteiger partial charge >= 0.3 is 0 Å². The van der Waals surface area contributed by atoms with Crippen molar-refractivity contribution in [1.29, 1.82) is 5.26 Å². The van der Waals surface area contributed by atoms with Gasteiger partial charge in [0.1, 0.15) is 0 Å². The van der Waals surface area contributed by atoms with E-state index in [1.807, 2.05) is 6.92 Å². The van der Waals surface area contributed by atoms with Crippen molar-refractivity contribution < 1.29 is 0 Å². The van der Waals surface area contributed by atoms with Crippen LogP contribution in [0, 0.1) is 17.2 Å². The maximum Gasteiger partial charge on any atom is 0.0872 e. The molecule has 0 saturated heterocycles. The Morgan fingerprint density at radius 3 is 3.00 bits per heavy atom. The Hall–Kier alpha value is -1.37. The van der Waals surface area contributed by atoms with E-state index in [9.17, 15) is 0 Å². The number of rotatable bonds is 1. The second kappa shape index (κ2) is 3.17. The molecule has 0 radical (unpaired) electrons. The summed E-state index contributed by atoms with van der Waals surface area (Å²) in [7, 11) is 0. The first-order valence-electron chi connectivity index (χ1n) is 4.66. The SMILES string of the molecule is CCn1nc2c(n1)CC(C#N)CC2. The van der Waals surface area contributed by atoms with Gasteiger partial charge in [-0.3, -0.25) is 0 Å². The predicted molar refractivity (Wildman–Crippen MR) is 46.8 cm³/mol. The molecule has 0 saturated carbocycles. The minimum Gasteiger partial charge on any atom is -0.198 e. The molecular formula is C9H12N4. The minimum atomic E-state index is 0.148. The first kappa shape index (κ1) is 8.24. The Morgan fingerprint density at radius 1 is 1.54 bits per heavy atom. The van der Waals surface area contributed by atoms with E-state index in [1.165, 1.54) is 0 Å². The quantitative estimate of drug-likeness (QED) is 0.639. The second-order valence-electron chi connectivity index (χ2n) is 3.35. The summed E-state index contributed by atoms with van der Waals surface area (Å²) >= 11 is 0. The third kappa shape index (κ3) is 1.42. The van der Waals surface area contributed by atoms with E-state index >= 15 is 0 Å². The summed E-state index contributed by atoms with van der Waals surface area (Å²) in [6.45, 7) is 2.83. The van der Waals surface area contributed by atoms with Crippen LogP contribution in [-0.2, 0) is 19.4 Å². The van der Waals surface area contributed by atoms with Crippen molar-refractivity contribution >= 4 is 0 Å². The van der Waals surface area contributed by atoms with Crippen LogP contribution in [0.25, 0.3) is 0 Å². The summed E-state index contributed by atoms with van der Waals surface area (Å²) < 4.78 is 0. The average Bonchev–Trinajstić information content (AvgIpc) is 2.58. The molecule has 0 aliphatic heterocycles. The predicted octanol–water partition coefficient (Wildman–Crippen LogP) is 0.926. The highest BCUT2D eigenvalue weighted by Crippen LogP contribution is 2.21. The van der Waals surface area contributed by atoms with E-state index < -0.39 is 0 Å². The van der Waals surface area contributed by atoms with Gasteiger partial charge in [-0.05, 0) is 19.8 Å². The van der Waals surface area contributed by atoms with Gasteiger partial charge in [-0.1, -0.05) is 0 Å². The minimum absolute atomic E-state index is 0.148. The van der Waals surface area contributed by atoms with Crippen molar-refractivity contribution in [3.8, 4) is 6.07 Å². The summed E-state index contributed by atoms with van der Waals surface area (Å²) in [6, 6.07) is 2.30. The van der Waals surface area contributed by atoms with Gasteiger partial charge in [-0.15, -0.1) is 0 Å². The monoisotopic (exact) mass is 176 g/mol. The topological polar surface area (TPSA) is 54.5 Å². The Bertz CT molecular complexity index is 347. The molecule has 0 spiro atoms. The van der Waals surface area contributed by atoms with Gasteiger partial charge in [0.05, 0.1) is 29.9 Å². The first-order valence-corrected chi connectivity index (χ1v) is 4.66. The van der Waals surface area contributed by atoms with E-state index in [0.29, 0.717) is 0 Å². The molecule has 0 N–H and O–H groups in total. The lowest BCUT2D eigenvalue weighted by Gasteiger charge is -2.12. The lowest BCUT2D eigenvalue weighted by Crippen LogP contribution is -2.12. The molecule has 1 aromatic heterocycles. The second-order valence-corrected chi connectivity index (χ2v) is 3.35. The van der Waals surface area contributed by atoms with E-state index in [1.54, 1.807) is 4.80 Å². The maximum absolute atomic E-state index is 8.78. The highest BCUT2D eigenvalue weighted by Gasteiger charge is 2.22. The Morgan fingerprint density at radius 2 is 2.31 bits per heavy atom. The van der Waals surface area contributed by atoms with Crippen molar-refractivity contribution in [2.24, 2.45) is 5.92 Å². The molecule has 0 fully saturated rings. The van der Waals surface area contributed by atoms with Gasteiger partial charge in [0, 0.05) is 6.42 Å². The van der Waals surface area contributed by atoms with Crippen LogP contribution < -0.4 is 0 Å². The molecule has 4 nitrogen and oxygen atoms in total. The summed E-state index contributed by atoms with van der Waals surface area (Å²) in [5.74, 6) is 0.148. The fourth-order valence-corrected chi connectivity index (χ4v) is 1.67. The third-order valence-corrected chi connectivity index (χ3v) is 2.44. The van der Waals surface area contributed by atoms with Crippen molar-refractivity contribution in [2.75, 3.05) is 0 Å². The molecule has 1 aliphatic rings. The molecule has 0 amide bonds. The smallest absolute Gasteiger partial charge is 0.0872 e. The number of nitrogens with zero attached hydrogens (tertiary/aromatic N) is 4. The number of nitriles is 1. The van der Waals surface area contributed by atoms with Crippen LogP contribution in [0.4, 0.5) is 0 Å². The zero-order valence-corrected chi connectivity index (χ0v) is 7.69. The van der Waals surface area contributed by atoms with Gasteiger partial charge in [0.15, 0.2) is 0 Å². The molecule has 1 aromatic rings. The zero-order valence-electron chi connectivity index (χ0n) is 7.69. The first-order chi connectivity index (χ1) is 6.33. The lowest BCUT2D eigenvalue weighted by molar-refractivity contribution is 0.550. The number of hydrogen-bond acceptors (Lipinski definition) is 3. The molecule has 2 rings (SSSR count). The van der Waals surface area contributed by atoms with Crippen molar-refractivity contribution in [3.63, 3.8) is 0 Å². The van der Waals surface area contributed by atoms with Crippen LogP contribution in [0.3, 0.4) is 0 Å².